The Balaban J connectivity index is 1.58. The van der Waals surface area contributed by atoms with Crippen molar-refractivity contribution in [3.8, 4) is 0 Å². The third-order valence-electron chi connectivity index (χ3n) is 11.5. The van der Waals surface area contributed by atoms with Crippen LogP contribution in [0.5, 0.6) is 0 Å². The second-order valence-corrected chi connectivity index (χ2v) is 21.6. The van der Waals surface area contributed by atoms with Gasteiger partial charge in [0.15, 0.2) is 8.32 Å². The first-order valence-electron chi connectivity index (χ1n) is 16.7. The molecule has 230 valence electrons. The Morgan fingerprint density at radius 2 is 1.57 bits per heavy atom. The summed E-state index contributed by atoms with van der Waals surface area (Å²) >= 11 is 0. The van der Waals surface area contributed by atoms with E-state index in [2.05, 4.69) is 92.7 Å². The summed E-state index contributed by atoms with van der Waals surface area (Å²) in [6.07, 6.45) is 7.91. The second-order valence-electron chi connectivity index (χ2n) is 16.9. The van der Waals surface area contributed by atoms with Gasteiger partial charge in [-0.25, -0.2) is 0 Å². The molecule has 0 bridgehead atoms. The molecule has 1 saturated carbocycles. The fraction of sp³-hybridized carbons (Fsp3) is 0.703. The lowest BCUT2D eigenvalue weighted by molar-refractivity contribution is -0.122. The first kappa shape index (κ1) is 30.5. The van der Waals surface area contributed by atoms with Gasteiger partial charge in [0.05, 0.1) is 11.7 Å². The van der Waals surface area contributed by atoms with Crippen LogP contribution in [0.2, 0.25) is 18.1 Å². The normalized spacial score (nSPS) is 25.0. The minimum absolute atomic E-state index is 0.0859. The zero-order valence-corrected chi connectivity index (χ0v) is 29.1. The Bertz CT molecular complexity index is 1320. The lowest BCUT2D eigenvalue weighted by Crippen LogP contribution is -2.47. The van der Waals surface area contributed by atoms with E-state index in [0.29, 0.717) is 11.3 Å². The molecule has 4 aliphatic rings. The van der Waals surface area contributed by atoms with Gasteiger partial charge in [-0.05, 0) is 77.3 Å². The molecule has 5 heteroatoms. The Labute approximate surface area is 256 Å². The quantitative estimate of drug-likeness (QED) is 0.333. The monoisotopic (exact) mass is 589 g/mol. The van der Waals surface area contributed by atoms with E-state index in [-0.39, 0.29) is 28.3 Å². The molecule has 2 atom stereocenters. The Morgan fingerprint density at radius 1 is 0.929 bits per heavy atom. The number of fused-ring (bicyclic) bond motifs is 4. The highest BCUT2D eigenvalue weighted by atomic mass is 28.4. The average molecular weight is 590 g/mol. The Kier molecular flexibility index (Phi) is 7.44. The minimum Gasteiger partial charge on any atom is -0.410 e. The van der Waals surface area contributed by atoms with Gasteiger partial charge in [0, 0.05) is 48.6 Å². The lowest BCUT2D eigenvalue weighted by atomic mass is 9.58. The summed E-state index contributed by atoms with van der Waals surface area (Å²) in [7, 11) is -2.04. The molecule has 2 aromatic rings. The molecule has 1 aromatic carbocycles. The fourth-order valence-corrected chi connectivity index (χ4v) is 9.05. The van der Waals surface area contributed by atoms with E-state index in [1.165, 1.54) is 58.5 Å². The molecule has 0 radical (unpaired) electrons. The van der Waals surface area contributed by atoms with Gasteiger partial charge in [0.1, 0.15) is 6.10 Å². The van der Waals surface area contributed by atoms with Crippen LogP contribution in [0.4, 0.5) is 0 Å². The summed E-state index contributed by atoms with van der Waals surface area (Å²) in [5, 5.41) is 0.149. The van der Waals surface area contributed by atoms with Crippen molar-refractivity contribution in [1.82, 2.24) is 4.98 Å². The van der Waals surface area contributed by atoms with Crippen LogP contribution in [-0.4, -0.2) is 26.5 Å². The molecule has 42 heavy (non-hydrogen) atoms. The first-order valence-corrected chi connectivity index (χ1v) is 19.6. The zero-order valence-electron chi connectivity index (χ0n) is 28.1. The highest BCUT2D eigenvalue weighted by Crippen LogP contribution is 2.61. The van der Waals surface area contributed by atoms with Crippen LogP contribution < -0.4 is 0 Å². The average Bonchev–Trinajstić information content (AvgIpc) is 3.20. The van der Waals surface area contributed by atoms with E-state index < -0.39 is 8.32 Å². The van der Waals surface area contributed by atoms with Gasteiger partial charge in [-0.15, -0.1) is 0 Å². The topological polar surface area (TPSA) is 40.6 Å². The van der Waals surface area contributed by atoms with Gasteiger partial charge in [-0.1, -0.05) is 86.1 Å². The zero-order chi connectivity index (χ0) is 30.3. The lowest BCUT2D eigenvalue weighted by Gasteiger charge is -2.51. The highest BCUT2D eigenvalue weighted by molar-refractivity contribution is 6.74. The molecule has 3 heterocycles. The number of pyridine rings is 1. The molecule has 1 saturated heterocycles. The molecule has 0 amide bonds. The van der Waals surface area contributed by atoms with Crippen LogP contribution in [0.3, 0.4) is 0 Å². The number of ether oxygens (including phenoxy) is 2. The maximum Gasteiger partial charge on any atom is 0.192 e. The van der Waals surface area contributed by atoms with E-state index in [1.54, 1.807) is 0 Å². The summed E-state index contributed by atoms with van der Waals surface area (Å²) in [5.74, 6) is 0.318. The van der Waals surface area contributed by atoms with Crippen LogP contribution in [0.15, 0.2) is 24.3 Å². The second kappa shape index (κ2) is 10.3. The van der Waals surface area contributed by atoms with Gasteiger partial charge in [0.25, 0.3) is 0 Å². The molecule has 2 aliphatic carbocycles. The summed E-state index contributed by atoms with van der Waals surface area (Å²) < 4.78 is 20.8. The molecule has 2 fully saturated rings. The van der Waals surface area contributed by atoms with Crippen molar-refractivity contribution < 1.29 is 13.9 Å². The van der Waals surface area contributed by atoms with Crippen LogP contribution in [0, 0.1) is 5.41 Å². The van der Waals surface area contributed by atoms with Gasteiger partial charge in [-0.3, -0.25) is 4.98 Å². The van der Waals surface area contributed by atoms with E-state index in [4.69, 9.17) is 18.9 Å². The van der Waals surface area contributed by atoms with Crippen molar-refractivity contribution in [3.63, 3.8) is 0 Å². The summed E-state index contributed by atoms with van der Waals surface area (Å²) in [5.41, 5.74) is 9.42. The SMILES string of the molecule is CC(C)c1nc2c(c3c1[C@@H](c1ccc(C(C)(C)C)cc1)OC31CCOCC1)C(O[Si](C)(C)C(C)(C)C)CC1(CCC1)C2. The third-order valence-corrected chi connectivity index (χ3v) is 16.0. The van der Waals surface area contributed by atoms with E-state index >= 15 is 0 Å². The number of benzene rings is 1. The molecule has 1 aromatic heterocycles. The summed E-state index contributed by atoms with van der Waals surface area (Å²) in [6, 6.07) is 9.23. The number of hydrogen-bond donors (Lipinski definition) is 0. The minimum atomic E-state index is -2.04. The summed E-state index contributed by atoms with van der Waals surface area (Å²) in [6.45, 7) is 24.9. The predicted octanol–water partition coefficient (Wildman–Crippen LogP) is 9.81. The van der Waals surface area contributed by atoms with Crippen LogP contribution in [-0.2, 0) is 31.3 Å². The van der Waals surface area contributed by atoms with E-state index in [1.807, 2.05) is 0 Å². The van der Waals surface area contributed by atoms with Gasteiger partial charge < -0.3 is 13.9 Å². The maximum absolute atomic E-state index is 7.47. The Hall–Kier alpha value is -1.53. The molecule has 2 aliphatic heterocycles. The third kappa shape index (κ3) is 5.04. The van der Waals surface area contributed by atoms with Crippen LogP contribution >= 0.6 is 0 Å². The Morgan fingerprint density at radius 3 is 2.10 bits per heavy atom. The van der Waals surface area contributed by atoms with Crippen molar-refractivity contribution >= 4 is 8.32 Å². The molecule has 2 spiro atoms. The van der Waals surface area contributed by atoms with Gasteiger partial charge >= 0.3 is 0 Å². The van der Waals surface area contributed by atoms with Gasteiger partial charge in [0.2, 0.25) is 0 Å². The molecular formula is C37H55NO3Si. The van der Waals surface area contributed by atoms with E-state index in [9.17, 15) is 0 Å². The first-order chi connectivity index (χ1) is 19.6. The van der Waals surface area contributed by atoms with Crippen molar-refractivity contribution in [2.24, 2.45) is 5.41 Å². The largest absolute Gasteiger partial charge is 0.410 e. The fourth-order valence-electron chi connectivity index (χ4n) is 7.78. The number of hydrogen-bond acceptors (Lipinski definition) is 4. The van der Waals surface area contributed by atoms with E-state index in [0.717, 1.165) is 38.9 Å². The van der Waals surface area contributed by atoms with Crippen molar-refractivity contribution in [2.75, 3.05) is 13.2 Å². The van der Waals surface area contributed by atoms with Crippen LogP contribution in [0.25, 0.3) is 0 Å². The smallest absolute Gasteiger partial charge is 0.192 e. The highest BCUT2D eigenvalue weighted by Gasteiger charge is 2.55. The molecular weight excluding hydrogens is 534 g/mol. The standard InChI is InChI=1S/C37H55NO3Si/c1-24(2)32-30-31(29-27(38-32)22-36(16-11-17-36)23-28(29)41-42(9,10)35(6,7)8)37(18-20-39-21-19-37)40-33(30)25-12-14-26(15-13-25)34(3,4)5/h12-15,24,28,33H,11,16-23H2,1-10H3/t28?,33-/m1/s1. The van der Waals surface area contributed by atoms with Crippen molar-refractivity contribution in [1.29, 1.82) is 0 Å². The molecule has 1 unspecified atom stereocenters. The maximum atomic E-state index is 7.47. The summed E-state index contributed by atoms with van der Waals surface area (Å²) in [4.78, 5) is 5.64. The van der Waals surface area contributed by atoms with Crippen LogP contribution in [0.1, 0.15) is 151 Å². The van der Waals surface area contributed by atoms with Crippen molar-refractivity contribution in [3.05, 3.63) is 63.5 Å². The molecule has 4 nitrogen and oxygen atoms in total. The predicted molar refractivity (Wildman–Crippen MR) is 174 cm³/mol. The number of nitrogens with zero attached hydrogens (tertiary/aromatic N) is 1. The van der Waals surface area contributed by atoms with Crippen molar-refractivity contribution in [2.45, 2.75) is 148 Å². The number of aromatic nitrogens is 1. The van der Waals surface area contributed by atoms with Gasteiger partial charge in [-0.2, -0.15) is 0 Å². The molecule has 6 rings (SSSR count). The number of rotatable bonds is 4. The molecule has 0 N–H and O–H groups in total.